The van der Waals surface area contributed by atoms with Crippen molar-refractivity contribution >= 4 is 250 Å². The summed E-state index contributed by atoms with van der Waals surface area (Å²) < 4.78 is 136. The highest BCUT2D eigenvalue weighted by atomic mass is 35.5. The first-order valence-electron chi connectivity index (χ1n) is 30.5. The molecule has 3 heterocycles. The summed E-state index contributed by atoms with van der Waals surface area (Å²) in [5.74, 6) is -6.73. The average Bonchev–Trinajstić information content (AvgIpc) is 1.62. The second kappa shape index (κ2) is 47.9. The van der Waals surface area contributed by atoms with Crippen LogP contribution in [0.5, 0.6) is 0 Å². The summed E-state index contributed by atoms with van der Waals surface area (Å²) in [4.78, 5) is 38.8. The number of thiophene rings is 3. The minimum Gasteiger partial charge on any atom is -0.332 e. The number of aliphatic imine (C=N–C) groups is 1. The van der Waals surface area contributed by atoms with E-state index in [1.807, 2.05) is 67.1 Å². The van der Waals surface area contributed by atoms with E-state index in [4.69, 9.17) is 83.2 Å². The zero-order chi connectivity index (χ0) is 77.2. The molecule has 0 aliphatic rings. The lowest BCUT2D eigenvalue weighted by molar-refractivity contribution is -0.120. The third-order valence-corrected chi connectivity index (χ3v) is 22.9. The summed E-state index contributed by atoms with van der Waals surface area (Å²) in [6.45, 7) is 12.7. The van der Waals surface area contributed by atoms with Crippen molar-refractivity contribution < 1.29 is 68.0 Å². The predicted molar refractivity (Wildman–Crippen MR) is 436 cm³/mol. The number of hydrogen-bond donors (Lipinski definition) is 2. The van der Waals surface area contributed by atoms with Crippen LogP contribution in [0.25, 0.3) is 48.5 Å². The number of benzene rings is 6. The van der Waals surface area contributed by atoms with Crippen molar-refractivity contribution in [1.29, 1.82) is 0 Å². The summed E-state index contributed by atoms with van der Waals surface area (Å²) >= 11 is 16.6. The number of carbonyl (C=O) groups is 2. The molecule has 6 aromatic carbocycles. The molecule has 0 aliphatic carbocycles. The molecule has 9 aromatic rings. The number of carbonyl (C=O) groups excluding carboxylic acids is 3. The Labute approximate surface area is 641 Å². The molecule has 5 atom stereocenters. The van der Waals surface area contributed by atoms with Crippen molar-refractivity contribution in [2.75, 3.05) is 39.8 Å². The average molecular weight is 1540 g/mol. The summed E-state index contributed by atoms with van der Waals surface area (Å²) in [5.41, 5.74) is 2.43. The van der Waals surface area contributed by atoms with Gasteiger partial charge in [-0.1, -0.05) is 59.1 Å². The minimum atomic E-state index is -3.39. The Kier molecular flexibility index (Phi) is 43.5. The third kappa shape index (κ3) is 32.1. The van der Waals surface area contributed by atoms with E-state index in [1.54, 1.807) is 49.4 Å². The van der Waals surface area contributed by atoms with Crippen LogP contribution in [0, 0.1) is 41.8 Å². The van der Waals surface area contributed by atoms with Crippen LogP contribution in [0.2, 0.25) is 10.0 Å². The van der Waals surface area contributed by atoms with Crippen molar-refractivity contribution in [3.05, 3.63) is 228 Å². The molecule has 0 spiro atoms. The quantitative estimate of drug-likeness (QED) is 0.0221. The smallest absolute Gasteiger partial charge is 0.241 e. The van der Waals surface area contributed by atoms with Gasteiger partial charge in [-0.25, -0.2) is 31.1 Å². The number of rotatable bonds is 22. The number of nitrogens with zero attached hydrogens (tertiary/aromatic N) is 1. The van der Waals surface area contributed by atoms with Gasteiger partial charge in [-0.3, -0.25) is 23.3 Å². The molecular weight excluding hydrogens is 1480 g/mol. The Morgan fingerprint density at radius 2 is 0.913 bits per heavy atom. The van der Waals surface area contributed by atoms with Gasteiger partial charge < -0.3 is 24.2 Å². The van der Waals surface area contributed by atoms with E-state index >= 15 is 0 Å². The fourth-order valence-electron chi connectivity index (χ4n) is 8.89. The van der Waals surface area contributed by atoms with Crippen molar-refractivity contribution in [3.8, 4) is 0 Å². The number of nitrogens with one attached hydrogen (secondary N) is 2. The number of isocyanates is 1. The molecule has 9 rings (SSSR count). The van der Waals surface area contributed by atoms with Crippen LogP contribution in [0.15, 0.2) is 149 Å². The molecule has 0 saturated carbocycles. The van der Waals surface area contributed by atoms with Crippen LogP contribution in [0.3, 0.4) is 0 Å². The first-order valence-corrected chi connectivity index (χ1v) is 40.4. The van der Waals surface area contributed by atoms with E-state index in [0.29, 0.717) is 50.6 Å². The Morgan fingerprint density at radius 3 is 1.29 bits per heavy atom. The summed E-state index contributed by atoms with van der Waals surface area (Å²) in [5, 5.41) is 14.7. The standard InChI is InChI=1S/C22H22F2NO3PS.C21H19ClF2NO3PS.C12H14ClO2PS.C9H5F2NO.2B5.B3.B/c1-4-28-29(3,27)21(17-13-30-20-8-5-14(2)11-16(17)20)22(26)25-10-9-15-6-7-18(23)19(24)12-15;1-3-28-29(2,27)20(16-12-30-19-7-5-14(22)11-15(16)19)21(26)25-9-8-13-4-6-17(23)18(24)10-13;1-3-15-16(2,14)7-9-8-17-12-5-4-10(13)6-11(9)12;10-8-2-1-7(5-9(8)11)3-4-12-6-13;2*1-4-5(2)3;1-3-2;/h5-13,21H,4H2,1-3H3,(H,25,26);4-12,20H,3H2,1-2H3,(H,25,26);4-6,8H,3,7H2,1-2H3;1-5H;;;;/b10-9+;9-8+;;4-3+;;;;. The maximum absolute atomic E-state index is 13.4. The van der Waals surface area contributed by atoms with Gasteiger partial charge in [-0.05, 0) is 190 Å². The monoisotopic (exact) mass is 1540 g/mol. The first kappa shape index (κ1) is 94.5. The van der Waals surface area contributed by atoms with Gasteiger partial charge in [-0.15, -0.1) is 34.0 Å². The van der Waals surface area contributed by atoms with Crippen molar-refractivity contribution in [3.63, 3.8) is 0 Å². The Morgan fingerprint density at radius 1 is 0.558 bits per heavy atom. The van der Waals surface area contributed by atoms with Crippen LogP contribution >= 0.6 is 79.3 Å². The maximum Gasteiger partial charge on any atom is 0.241 e. The molecular formula is C64H60B14Cl2F6N3O9P3S3. The Bertz CT molecular complexity index is 4360. The van der Waals surface area contributed by atoms with Gasteiger partial charge in [0.05, 0.1) is 26.0 Å². The van der Waals surface area contributed by atoms with Gasteiger partial charge in [0.15, 0.2) is 34.9 Å². The molecule has 0 saturated heterocycles. The van der Waals surface area contributed by atoms with Crippen molar-refractivity contribution in [2.24, 2.45) is 4.99 Å². The maximum atomic E-state index is 13.4. The molecule has 40 heteroatoms. The minimum absolute atomic E-state index is 0. The summed E-state index contributed by atoms with van der Waals surface area (Å²) in [6, 6.07) is 27.2. The molecule has 12 nitrogen and oxygen atoms in total. The highest BCUT2D eigenvalue weighted by Gasteiger charge is 2.40. The van der Waals surface area contributed by atoms with Crippen LogP contribution in [-0.4, -0.2) is 162 Å². The lowest BCUT2D eigenvalue weighted by Gasteiger charge is -2.23. The Hall–Kier alpha value is -5.62. The van der Waals surface area contributed by atoms with Gasteiger partial charge in [0.2, 0.25) is 40.0 Å². The second-order valence-electron chi connectivity index (χ2n) is 21.4. The largest absolute Gasteiger partial charge is 0.332 e. The van der Waals surface area contributed by atoms with Gasteiger partial charge in [-0.2, -0.15) is 4.99 Å². The molecule has 104 heavy (non-hydrogen) atoms. The molecule has 0 aliphatic heterocycles. The molecule has 5 unspecified atom stereocenters. The normalized spacial score (nSPS) is 12.9. The lowest BCUT2D eigenvalue weighted by Crippen LogP contribution is -2.25. The lowest BCUT2D eigenvalue weighted by atomic mass is 8.97. The van der Waals surface area contributed by atoms with Crippen molar-refractivity contribution in [1.82, 2.24) is 10.6 Å². The zero-order valence-electron chi connectivity index (χ0n) is 57.4. The van der Waals surface area contributed by atoms with Crippen LogP contribution in [-0.2, 0) is 47.8 Å². The second-order valence-corrected chi connectivity index (χ2v) is 32.8. The van der Waals surface area contributed by atoms with E-state index in [0.717, 1.165) is 86.3 Å². The van der Waals surface area contributed by atoms with E-state index in [9.17, 15) is 54.4 Å². The van der Waals surface area contributed by atoms with Crippen molar-refractivity contribution in [2.45, 2.75) is 45.2 Å². The fraction of sp³-hybridized carbons (Fsp3) is 0.203. The molecule has 516 valence electrons. The summed E-state index contributed by atoms with van der Waals surface area (Å²) in [6.07, 6.45) is 8.84. The molecule has 0 bridgehead atoms. The molecule has 22 radical (unpaired) electrons. The molecule has 2 amide bonds. The van der Waals surface area contributed by atoms with E-state index in [2.05, 4.69) is 31.1 Å². The topological polar surface area (TPSA) is 167 Å². The number of amides is 2. The highest BCUT2D eigenvalue weighted by molar-refractivity contribution is 7.61. The van der Waals surface area contributed by atoms with E-state index in [1.165, 1.54) is 110 Å². The molecule has 2 N–H and O–H groups in total. The van der Waals surface area contributed by atoms with Gasteiger partial charge in [0.1, 0.15) is 11.3 Å². The highest BCUT2D eigenvalue weighted by Crippen LogP contribution is 2.60. The molecule has 3 aromatic heterocycles. The summed E-state index contributed by atoms with van der Waals surface area (Å²) in [7, 11) is 32.3. The van der Waals surface area contributed by atoms with Crippen LogP contribution < -0.4 is 10.6 Å². The SMILES string of the molecule is CCOP(C)(=O)C(C(=O)N/C=C/c1ccc(F)c(F)c1)c1csc2ccc(C)cc12.CCOP(C)(=O)C(C(=O)N/C=C/c1ccc(F)c(F)c1)c1csc2ccc(Cl)cc12.CCOP(C)(=O)Cc1csc2ccc(Cl)cc12.O=C=N/C=C/c1ccc(F)c(F)c1.[B].[B][B]B([B])[B].[B][B]B([B])[B].[B][B][B]. The van der Waals surface area contributed by atoms with Crippen LogP contribution in [0.4, 0.5) is 26.3 Å². The zero-order valence-corrected chi connectivity index (χ0v) is 64.0. The van der Waals surface area contributed by atoms with Gasteiger partial charge in [0.25, 0.3) is 0 Å². The third-order valence-electron chi connectivity index (χ3n) is 13.3. The number of halogens is 8. The van der Waals surface area contributed by atoms with E-state index < -0.39 is 92.9 Å². The number of aryl methyl sites for hydroxylation is 1. The van der Waals surface area contributed by atoms with Gasteiger partial charge in [0, 0.05) is 167 Å². The van der Waals surface area contributed by atoms with Gasteiger partial charge >= 0.3 is 0 Å². The first-order chi connectivity index (χ1) is 48.7. The Balaban J connectivity index is 0.000000460. The fourth-order valence-corrected chi connectivity index (χ4v) is 17.7. The number of hydrogen-bond acceptors (Lipinski definition) is 13. The predicted octanol–water partition coefficient (Wildman–Crippen LogP) is 14.8. The van der Waals surface area contributed by atoms with Crippen LogP contribution in [0.1, 0.15) is 71.0 Å². The molecule has 0 fully saturated rings. The number of fused-ring (bicyclic) bond motifs is 3. The van der Waals surface area contributed by atoms with E-state index in [-0.39, 0.29) is 21.6 Å².